The number of rotatable bonds is 5. The zero-order valence-corrected chi connectivity index (χ0v) is 21.3. The molecule has 0 unspecified atom stereocenters. The van der Waals surface area contributed by atoms with Gasteiger partial charge in [-0.05, 0) is 57.0 Å². The highest BCUT2D eigenvalue weighted by molar-refractivity contribution is 6.48. The van der Waals surface area contributed by atoms with Crippen molar-refractivity contribution in [3.63, 3.8) is 0 Å². The van der Waals surface area contributed by atoms with E-state index in [0.717, 1.165) is 16.8 Å². The van der Waals surface area contributed by atoms with Crippen LogP contribution in [0.15, 0.2) is 61.1 Å². The first kappa shape index (κ1) is 23.3. The number of anilines is 1. The van der Waals surface area contributed by atoms with Crippen LogP contribution in [0.1, 0.15) is 32.9 Å². The van der Waals surface area contributed by atoms with Crippen LogP contribution in [0.4, 0.5) is 5.82 Å². The molecule has 0 aliphatic carbocycles. The molecule has 0 saturated heterocycles. The van der Waals surface area contributed by atoms with Crippen molar-refractivity contribution < 1.29 is 9.59 Å². The van der Waals surface area contributed by atoms with Crippen LogP contribution >= 0.6 is 0 Å². The SMILES string of the molecule is Cc1cc(NC(=O)C(=O)c2c(C)[nH]c3ccccc23)n(-c2ncnc3c2cnn3-c2ccc(C)c(C)c2)n1. The van der Waals surface area contributed by atoms with E-state index in [0.29, 0.717) is 45.0 Å². The first-order chi connectivity index (χ1) is 18.3. The summed E-state index contributed by atoms with van der Waals surface area (Å²) in [6, 6.07) is 15.2. The molecule has 38 heavy (non-hydrogen) atoms. The van der Waals surface area contributed by atoms with Gasteiger partial charge >= 0.3 is 0 Å². The van der Waals surface area contributed by atoms with E-state index in [2.05, 4.69) is 37.4 Å². The number of ketones is 1. The molecule has 0 spiro atoms. The van der Waals surface area contributed by atoms with E-state index in [1.807, 2.05) is 49.4 Å². The van der Waals surface area contributed by atoms with Gasteiger partial charge in [0.25, 0.3) is 11.7 Å². The van der Waals surface area contributed by atoms with Gasteiger partial charge in [-0.1, -0.05) is 24.3 Å². The Morgan fingerprint density at radius 3 is 2.53 bits per heavy atom. The number of hydrogen-bond donors (Lipinski definition) is 2. The van der Waals surface area contributed by atoms with Crippen LogP contribution in [0.5, 0.6) is 0 Å². The Labute approximate surface area is 217 Å². The number of para-hydroxylation sites is 1. The summed E-state index contributed by atoms with van der Waals surface area (Å²) >= 11 is 0. The van der Waals surface area contributed by atoms with E-state index >= 15 is 0 Å². The van der Waals surface area contributed by atoms with E-state index in [1.54, 1.807) is 30.8 Å². The second-order valence-corrected chi connectivity index (χ2v) is 9.30. The average Bonchev–Trinajstić information content (AvgIpc) is 3.59. The van der Waals surface area contributed by atoms with E-state index in [-0.39, 0.29) is 0 Å². The number of aromatic amines is 1. The van der Waals surface area contributed by atoms with Gasteiger partial charge in [-0.25, -0.2) is 14.6 Å². The Morgan fingerprint density at radius 1 is 0.895 bits per heavy atom. The first-order valence-corrected chi connectivity index (χ1v) is 12.1. The van der Waals surface area contributed by atoms with Gasteiger partial charge in [0, 0.05) is 22.7 Å². The van der Waals surface area contributed by atoms with Gasteiger partial charge in [-0.15, -0.1) is 0 Å². The summed E-state index contributed by atoms with van der Waals surface area (Å²) in [5.41, 5.74) is 6.21. The minimum Gasteiger partial charge on any atom is -0.358 e. The molecule has 0 bridgehead atoms. The number of fused-ring (bicyclic) bond motifs is 2. The highest BCUT2D eigenvalue weighted by Gasteiger charge is 2.25. The molecule has 6 aromatic rings. The van der Waals surface area contributed by atoms with Crippen molar-refractivity contribution in [2.75, 3.05) is 5.32 Å². The Hall–Kier alpha value is -5.12. The largest absolute Gasteiger partial charge is 0.358 e. The monoisotopic (exact) mass is 504 g/mol. The number of nitrogens with zero attached hydrogens (tertiary/aromatic N) is 6. The van der Waals surface area contributed by atoms with Crippen molar-refractivity contribution in [2.24, 2.45) is 0 Å². The van der Waals surface area contributed by atoms with Crippen molar-refractivity contribution >= 4 is 39.4 Å². The second kappa shape index (κ2) is 8.77. The lowest BCUT2D eigenvalue weighted by Gasteiger charge is -2.09. The van der Waals surface area contributed by atoms with Gasteiger partial charge in [0.1, 0.15) is 12.1 Å². The van der Waals surface area contributed by atoms with E-state index in [1.165, 1.54) is 16.6 Å². The van der Waals surface area contributed by atoms with Gasteiger partial charge in [0.05, 0.1) is 28.5 Å². The van der Waals surface area contributed by atoms with Gasteiger partial charge < -0.3 is 10.3 Å². The van der Waals surface area contributed by atoms with Crippen LogP contribution in [0.25, 0.3) is 33.4 Å². The minimum atomic E-state index is -0.768. The molecule has 0 radical (unpaired) electrons. The molecule has 188 valence electrons. The van der Waals surface area contributed by atoms with Crippen LogP contribution in [-0.4, -0.2) is 46.2 Å². The van der Waals surface area contributed by atoms with Gasteiger partial charge in [0.15, 0.2) is 11.5 Å². The van der Waals surface area contributed by atoms with Gasteiger partial charge in [0.2, 0.25) is 0 Å². The van der Waals surface area contributed by atoms with Crippen LogP contribution in [-0.2, 0) is 4.79 Å². The Kier molecular flexibility index (Phi) is 5.37. The van der Waals surface area contributed by atoms with Crippen LogP contribution in [0.2, 0.25) is 0 Å². The summed E-state index contributed by atoms with van der Waals surface area (Å²) in [4.78, 5) is 38.4. The molecule has 2 N–H and O–H groups in total. The predicted molar refractivity (Wildman–Crippen MR) is 144 cm³/mol. The number of carbonyl (C=O) groups excluding carboxylic acids is 2. The molecule has 0 fully saturated rings. The zero-order chi connectivity index (χ0) is 26.6. The lowest BCUT2D eigenvalue weighted by Crippen LogP contribution is -2.25. The molecular formula is C28H24N8O2. The lowest BCUT2D eigenvalue weighted by atomic mass is 10.1. The number of Topliss-reactive ketones (excluding diaryl/α,β-unsaturated/α-hetero) is 1. The average molecular weight is 505 g/mol. The standard InChI is InChI=1S/C28H24N8O2/c1-15-9-10-19(11-16(15)2)35-26-21(13-31-35)27(30-14-29-26)36-23(12-17(3)34-36)33-28(38)25(37)24-18(4)32-22-8-6-5-7-20(22)24/h5-14,32H,1-4H3,(H,33,38). The zero-order valence-electron chi connectivity index (χ0n) is 21.3. The number of nitrogens with one attached hydrogen (secondary N) is 2. The quantitative estimate of drug-likeness (QED) is 0.263. The number of aromatic nitrogens is 7. The molecular weight excluding hydrogens is 480 g/mol. The van der Waals surface area contributed by atoms with Crippen molar-refractivity contribution in [2.45, 2.75) is 27.7 Å². The molecule has 10 heteroatoms. The molecule has 2 aromatic carbocycles. The maximum atomic E-state index is 13.2. The van der Waals surface area contributed by atoms with E-state index in [4.69, 9.17) is 0 Å². The lowest BCUT2D eigenvalue weighted by molar-refractivity contribution is -0.112. The smallest absolute Gasteiger partial charge is 0.298 e. The highest BCUT2D eigenvalue weighted by atomic mass is 16.2. The van der Waals surface area contributed by atoms with Crippen molar-refractivity contribution in [3.8, 4) is 11.5 Å². The molecule has 0 saturated carbocycles. The Bertz CT molecular complexity index is 1890. The van der Waals surface area contributed by atoms with Gasteiger partial charge in [-0.2, -0.15) is 14.9 Å². The number of hydrogen-bond acceptors (Lipinski definition) is 6. The number of H-pyrrole nitrogens is 1. The van der Waals surface area contributed by atoms with Gasteiger partial charge in [-0.3, -0.25) is 9.59 Å². The van der Waals surface area contributed by atoms with Crippen molar-refractivity contribution in [1.29, 1.82) is 0 Å². The Morgan fingerprint density at radius 2 is 1.71 bits per heavy atom. The third-order valence-corrected chi connectivity index (χ3v) is 6.68. The number of amides is 1. The molecule has 6 rings (SSSR count). The van der Waals surface area contributed by atoms with Crippen LogP contribution < -0.4 is 5.32 Å². The molecule has 10 nitrogen and oxygen atoms in total. The van der Waals surface area contributed by atoms with Crippen LogP contribution in [0.3, 0.4) is 0 Å². The summed E-state index contributed by atoms with van der Waals surface area (Å²) in [6.45, 7) is 7.68. The molecule has 4 heterocycles. The molecule has 0 atom stereocenters. The first-order valence-electron chi connectivity index (χ1n) is 12.1. The fourth-order valence-corrected chi connectivity index (χ4v) is 4.65. The molecule has 1 amide bonds. The van der Waals surface area contributed by atoms with E-state index in [9.17, 15) is 9.59 Å². The summed E-state index contributed by atoms with van der Waals surface area (Å²) in [5, 5.41) is 13.2. The third-order valence-electron chi connectivity index (χ3n) is 6.68. The van der Waals surface area contributed by atoms with E-state index < -0.39 is 11.7 Å². The molecule has 4 aromatic heterocycles. The summed E-state index contributed by atoms with van der Waals surface area (Å²) in [6.07, 6.45) is 3.10. The van der Waals surface area contributed by atoms with Crippen molar-refractivity contribution in [1.82, 2.24) is 34.5 Å². The van der Waals surface area contributed by atoms with Crippen LogP contribution in [0, 0.1) is 27.7 Å². The normalized spacial score (nSPS) is 11.4. The highest BCUT2D eigenvalue weighted by Crippen LogP contribution is 2.26. The Balaban J connectivity index is 1.38. The minimum absolute atomic E-state index is 0.317. The second-order valence-electron chi connectivity index (χ2n) is 9.30. The maximum absolute atomic E-state index is 13.2. The summed E-state index contributed by atoms with van der Waals surface area (Å²) < 4.78 is 3.24. The number of aryl methyl sites for hydroxylation is 4. The maximum Gasteiger partial charge on any atom is 0.298 e. The molecule has 0 aliphatic rings. The fraction of sp³-hybridized carbons (Fsp3) is 0.143. The fourth-order valence-electron chi connectivity index (χ4n) is 4.65. The van der Waals surface area contributed by atoms with Crippen molar-refractivity contribution in [3.05, 3.63) is 89.1 Å². The predicted octanol–water partition coefficient (Wildman–Crippen LogP) is 4.54. The summed E-state index contributed by atoms with van der Waals surface area (Å²) in [5.74, 6) is -0.655. The third kappa shape index (κ3) is 3.74. The molecule has 0 aliphatic heterocycles. The number of benzene rings is 2. The topological polar surface area (TPSA) is 123 Å². The number of carbonyl (C=O) groups is 2. The summed E-state index contributed by atoms with van der Waals surface area (Å²) in [7, 11) is 0.